The lowest BCUT2D eigenvalue weighted by Gasteiger charge is -2.23. The van der Waals surface area contributed by atoms with E-state index in [-0.39, 0.29) is 18.1 Å². The molecule has 3 rings (SSSR count). The predicted octanol–water partition coefficient (Wildman–Crippen LogP) is 2.37. The van der Waals surface area contributed by atoms with E-state index in [1.54, 1.807) is 11.3 Å². The molecule has 2 unspecified atom stereocenters. The molecule has 2 heterocycles. The van der Waals surface area contributed by atoms with Crippen LogP contribution in [0.15, 0.2) is 17.5 Å². The number of amides is 1. The molecule has 2 fully saturated rings. The molecule has 1 aliphatic heterocycles. The van der Waals surface area contributed by atoms with Crippen molar-refractivity contribution in [2.45, 2.75) is 38.4 Å². The van der Waals surface area contributed by atoms with E-state index < -0.39 is 0 Å². The molecule has 0 bridgehead atoms. The van der Waals surface area contributed by atoms with Gasteiger partial charge in [-0.2, -0.15) is 0 Å². The second-order valence-corrected chi connectivity index (χ2v) is 5.96. The number of hydrogen-bond donors (Lipinski definition) is 1. The topological polar surface area (TPSA) is 32.3 Å². The molecule has 1 aromatic heterocycles. The first-order chi connectivity index (χ1) is 8.29. The number of hydrogen-bond acceptors (Lipinski definition) is 3. The van der Waals surface area contributed by atoms with E-state index in [9.17, 15) is 4.79 Å². The maximum absolute atomic E-state index is 12.3. The number of nitrogens with one attached hydrogen (secondary N) is 1. The van der Waals surface area contributed by atoms with Crippen LogP contribution in [0.4, 0.5) is 0 Å². The summed E-state index contributed by atoms with van der Waals surface area (Å²) in [7, 11) is 0. The van der Waals surface area contributed by atoms with Crippen LogP contribution in [-0.2, 0) is 4.79 Å². The van der Waals surface area contributed by atoms with Gasteiger partial charge in [-0.3, -0.25) is 10.1 Å². The van der Waals surface area contributed by atoms with Gasteiger partial charge in [-0.25, -0.2) is 0 Å². The number of carbonyl (C=O) groups excluding carboxylic acids is 1. The zero-order valence-electron chi connectivity index (χ0n) is 10.1. The molecule has 1 amide bonds. The van der Waals surface area contributed by atoms with Crippen molar-refractivity contribution in [1.29, 1.82) is 0 Å². The van der Waals surface area contributed by atoms with Gasteiger partial charge in [-0.1, -0.05) is 13.0 Å². The summed E-state index contributed by atoms with van der Waals surface area (Å²) in [5, 5.41) is 5.54. The average molecular weight is 250 g/mol. The Balaban J connectivity index is 1.81. The Hall–Kier alpha value is -0.870. The minimum atomic E-state index is 0.0147. The summed E-state index contributed by atoms with van der Waals surface area (Å²) in [6.07, 6.45) is 3.57. The molecule has 2 atom stereocenters. The SMILES string of the molecule is CCC1NC(c2cccs2)N(CC2CC2)C1=O. The van der Waals surface area contributed by atoms with Crippen molar-refractivity contribution >= 4 is 17.2 Å². The second kappa shape index (κ2) is 4.42. The van der Waals surface area contributed by atoms with Crippen molar-refractivity contribution in [2.75, 3.05) is 6.54 Å². The monoisotopic (exact) mass is 250 g/mol. The molecule has 2 aliphatic rings. The average Bonchev–Trinajstić information content (AvgIpc) is 2.88. The van der Waals surface area contributed by atoms with Gasteiger partial charge in [0.1, 0.15) is 6.17 Å². The quantitative estimate of drug-likeness (QED) is 0.889. The molecular formula is C13H18N2OS. The van der Waals surface area contributed by atoms with Gasteiger partial charge in [0.2, 0.25) is 5.91 Å². The zero-order valence-corrected chi connectivity index (χ0v) is 10.9. The molecule has 1 saturated heterocycles. The number of thiophene rings is 1. The van der Waals surface area contributed by atoms with Crippen molar-refractivity contribution in [3.05, 3.63) is 22.4 Å². The van der Waals surface area contributed by atoms with E-state index in [2.05, 4.69) is 34.7 Å². The number of nitrogens with zero attached hydrogens (tertiary/aromatic N) is 1. The summed E-state index contributed by atoms with van der Waals surface area (Å²) in [6, 6.07) is 4.19. The highest BCUT2D eigenvalue weighted by Gasteiger charge is 2.41. The Kier molecular flexibility index (Phi) is 2.92. The summed E-state index contributed by atoms with van der Waals surface area (Å²) in [4.78, 5) is 15.6. The number of carbonyl (C=O) groups is 1. The first kappa shape index (κ1) is 11.2. The van der Waals surface area contributed by atoms with E-state index in [4.69, 9.17) is 0 Å². The molecule has 92 valence electrons. The van der Waals surface area contributed by atoms with Crippen molar-refractivity contribution in [1.82, 2.24) is 10.2 Å². The van der Waals surface area contributed by atoms with Crippen LogP contribution >= 0.6 is 11.3 Å². The van der Waals surface area contributed by atoms with Gasteiger partial charge in [0.15, 0.2) is 0 Å². The lowest BCUT2D eigenvalue weighted by atomic mass is 10.2. The second-order valence-electron chi connectivity index (χ2n) is 4.98. The first-order valence-electron chi connectivity index (χ1n) is 6.39. The molecule has 4 heteroatoms. The Morgan fingerprint density at radius 1 is 1.53 bits per heavy atom. The van der Waals surface area contributed by atoms with Crippen LogP contribution in [0.25, 0.3) is 0 Å². The van der Waals surface area contributed by atoms with E-state index >= 15 is 0 Å². The van der Waals surface area contributed by atoms with E-state index in [0.29, 0.717) is 0 Å². The van der Waals surface area contributed by atoms with Gasteiger partial charge >= 0.3 is 0 Å². The minimum Gasteiger partial charge on any atom is -0.320 e. The van der Waals surface area contributed by atoms with Gasteiger partial charge in [-0.05, 0) is 36.6 Å². The van der Waals surface area contributed by atoms with Crippen LogP contribution in [0.2, 0.25) is 0 Å². The van der Waals surface area contributed by atoms with Crippen molar-refractivity contribution in [3.63, 3.8) is 0 Å². The highest BCUT2D eigenvalue weighted by Crippen LogP contribution is 2.36. The highest BCUT2D eigenvalue weighted by molar-refractivity contribution is 7.10. The fourth-order valence-electron chi connectivity index (χ4n) is 2.43. The van der Waals surface area contributed by atoms with Crippen LogP contribution < -0.4 is 5.32 Å². The minimum absolute atomic E-state index is 0.0147. The fourth-order valence-corrected chi connectivity index (χ4v) is 3.22. The Bertz CT molecular complexity index is 400. The normalized spacial score (nSPS) is 29.0. The van der Waals surface area contributed by atoms with E-state index in [1.165, 1.54) is 17.7 Å². The molecule has 3 nitrogen and oxygen atoms in total. The van der Waals surface area contributed by atoms with Crippen molar-refractivity contribution in [2.24, 2.45) is 5.92 Å². The zero-order chi connectivity index (χ0) is 11.8. The van der Waals surface area contributed by atoms with Crippen molar-refractivity contribution < 1.29 is 4.79 Å². The molecule has 1 aromatic rings. The maximum Gasteiger partial charge on any atom is 0.241 e. The summed E-state index contributed by atoms with van der Waals surface area (Å²) in [6.45, 7) is 3.01. The van der Waals surface area contributed by atoms with Crippen LogP contribution in [0.3, 0.4) is 0 Å². The summed E-state index contributed by atoms with van der Waals surface area (Å²) < 4.78 is 0. The lowest BCUT2D eigenvalue weighted by Crippen LogP contribution is -2.32. The van der Waals surface area contributed by atoms with Crippen LogP contribution in [0.1, 0.15) is 37.2 Å². The molecule has 1 saturated carbocycles. The molecule has 0 aromatic carbocycles. The van der Waals surface area contributed by atoms with E-state index in [0.717, 1.165) is 18.9 Å². The Labute approximate surface area is 106 Å². The predicted molar refractivity (Wildman–Crippen MR) is 68.7 cm³/mol. The van der Waals surface area contributed by atoms with Gasteiger partial charge < -0.3 is 4.90 Å². The Morgan fingerprint density at radius 2 is 2.35 bits per heavy atom. The van der Waals surface area contributed by atoms with Crippen LogP contribution in [0, 0.1) is 5.92 Å². The third kappa shape index (κ3) is 2.11. The van der Waals surface area contributed by atoms with Gasteiger partial charge in [0.25, 0.3) is 0 Å². The lowest BCUT2D eigenvalue weighted by molar-refractivity contribution is -0.130. The van der Waals surface area contributed by atoms with Gasteiger partial charge in [0, 0.05) is 11.4 Å². The summed E-state index contributed by atoms with van der Waals surface area (Å²) >= 11 is 1.73. The van der Waals surface area contributed by atoms with Gasteiger partial charge in [0.05, 0.1) is 6.04 Å². The molecule has 1 aliphatic carbocycles. The van der Waals surface area contributed by atoms with Crippen LogP contribution in [-0.4, -0.2) is 23.4 Å². The smallest absolute Gasteiger partial charge is 0.241 e. The highest BCUT2D eigenvalue weighted by atomic mass is 32.1. The maximum atomic E-state index is 12.3. The Morgan fingerprint density at radius 3 is 2.94 bits per heavy atom. The molecule has 1 N–H and O–H groups in total. The molecular weight excluding hydrogens is 232 g/mol. The molecule has 0 radical (unpaired) electrons. The standard InChI is InChI=1S/C13H18N2OS/c1-2-10-13(16)15(8-9-5-6-9)12(14-10)11-4-3-7-17-11/h3-4,7,9-10,12,14H,2,5-6,8H2,1H3. The first-order valence-corrected chi connectivity index (χ1v) is 7.27. The molecule has 0 spiro atoms. The van der Waals surface area contributed by atoms with Crippen LogP contribution in [0.5, 0.6) is 0 Å². The summed E-state index contributed by atoms with van der Waals surface area (Å²) in [5.41, 5.74) is 0. The third-order valence-electron chi connectivity index (χ3n) is 3.62. The summed E-state index contributed by atoms with van der Waals surface area (Å²) in [5.74, 6) is 1.04. The third-order valence-corrected chi connectivity index (χ3v) is 4.55. The molecule has 17 heavy (non-hydrogen) atoms. The van der Waals surface area contributed by atoms with Gasteiger partial charge in [-0.15, -0.1) is 11.3 Å². The largest absolute Gasteiger partial charge is 0.320 e. The fraction of sp³-hybridized carbons (Fsp3) is 0.615. The van der Waals surface area contributed by atoms with Crippen molar-refractivity contribution in [3.8, 4) is 0 Å². The number of rotatable bonds is 4. The van der Waals surface area contributed by atoms with E-state index in [1.807, 2.05) is 0 Å².